The molecule has 3 fully saturated rings. The number of hydrazine groups is 1. The first kappa shape index (κ1) is 19.4. The summed E-state index contributed by atoms with van der Waals surface area (Å²) < 4.78 is 0. The van der Waals surface area contributed by atoms with E-state index in [1.807, 2.05) is 0 Å². The van der Waals surface area contributed by atoms with Crippen molar-refractivity contribution in [1.82, 2.24) is 26.0 Å². The Kier molecular flexibility index (Phi) is 6.60. The molecule has 25 heavy (non-hydrogen) atoms. The number of carbonyl (C=O) groups excluding carboxylic acids is 1. The van der Waals surface area contributed by atoms with Crippen LogP contribution >= 0.6 is 11.6 Å². The summed E-state index contributed by atoms with van der Waals surface area (Å²) in [5.74, 6) is 0.625. The Balaban J connectivity index is 1.60. The maximum Gasteiger partial charge on any atom is 0.253 e. The first-order chi connectivity index (χ1) is 12.0. The van der Waals surface area contributed by atoms with Gasteiger partial charge >= 0.3 is 0 Å². The molecule has 4 unspecified atom stereocenters. The molecule has 3 heterocycles. The van der Waals surface area contributed by atoms with Crippen molar-refractivity contribution in [2.75, 3.05) is 32.7 Å². The molecule has 6 nitrogen and oxygen atoms in total. The summed E-state index contributed by atoms with van der Waals surface area (Å²) in [7, 11) is 0. The molecule has 6 atom stereocenters. The Labute approximate surface area is 157 Å². The molecule has 7 heteroatoms. The average Bonchev–Trinajstić information content (AvgIpc) is 2.63. The van der Waals surface area contributed by atoms with Crippen LogP contribution in [0.1, 0.15) is 40.0 Å². The fraction of sp³-hybridized carbons (Fsp3) is 0.944. The molecule has 0 aromatic carbocycles. The van der Waals surface area contributed by atoms with Crippen molar-refractivity contribution in [3.8, 4) is 0 Å². The monoisotopic (exact) mass is 371 g/mol. The number of hydrogen-bond acceptors (Lipinski definition) is 5. The Hall–Kier alpha value is -0.400. The normalized spacial score (nSPS) is 39.8. The van der Waals surface area contributed by atoms with Crippen LogP contribution in [-0.2, 0) is 4.79 Å². The van der Waals surface area contributed by atoms with Crippen LogP contribution in [0.3, 0.4) is 0 Å². The zero-order valence-corrected chi connectivity index (χ0v) is 16.6. The number of hydrogen-bond donors (Lipinski definition) is 3. The summed E-state index contributed by atoms with van der Waals surface area (Å²) in [6.45, 7) is 11.9. The molecule has 0 spiro atoms. The molecule has 0 saturated carbocycles. The number of piperazine rings is 1. The minimum absolute atomic E-state index is 0.0719. The summed E-state index contributed by atoms with van der Waals surface area (Å²) >= 11 is 6.37. The predicted octanol–water partition coefficient (Wildman–Crippen LogP) is 0.770. The highest BCUT2D eigenvalue weighted by Gasteiger charge is 2.40. The minimum Gasteiger partial charge on any atom is -0.314 e. The lowest BCUT2D eigenvalue weighted by molar-refractivity contribution is -0.125. The molecule has 0 aliphatic carbocycles. The third-order valence-electron chi connectivity index (χ3n) is 6.52. The second-order valence-corrected chi connectivity index (χ2v) is 8.41. The van der Waals surface area contributed by atoms with Gasteiger partial charge < -0.3 is 5.32 Å². The van der Waals surface area contributed by atoms with E-state index in [9.17, 15) is 4.79 Å². The van der Waals surface area contributed by atoms with Crippen molar-refractivity contribution in [3.63, 3.8) is 0 Å². The van der Waals surface area contributed by atoms with E-state index in [1.165, 1.54) is 25.8 Å². The maximum atomic E-state index is 11.9. The van der Waals surface area contributed by atoms with Crippen molar-refractivity contribution < 1.29 is 4.79 Å². The van der Waals surface area contributed by atoms with Crippen LogP contribution in [0.4, 0.5) is 0 Å². The van der Waals surface area contributed by atoms with E-state index in [-0.39, 0.29) is 11.9 Å². The average molecular weight is 372 g/mol. The molecule has 3 saturated heterocycles. The van der Waals surface area contributed by atoms with Gasteiger partial charge in [0.1, 0.15) is 5.38 Å². The van der Waals surface area contributed by atoms with Crippen LogP contribution in [0, 0.1) is 5.92 Å². The quantitative estimate of drug-likeness (QED) is 0.637. The van der Waals surface area contributed by atoms with E-state index in [1.54, 1.807) is 0 Å². The molecule has 0 aromatic heterocycles. The van der Waals surface area contributed by atoms with Gasteiger partial charge in [-0.15, -0.1) is 11.6 Å². The van der Waals surface area contributed by atoms with Crippen molar-refractivity contribution in [2.45, 2.75) is 69.6 Å². The van der Waals surface area contributed by atoms with Gasteiger partial charge in [0.2, 0.25) is 0 Å². The zero-order valence-electron chi connectivity index (χ0n) is 15.8. The topological polar surface area (TPSA) is 59.6 Å². The number of halogens is 1. The van der Waals surface area contributed by atoms with E-state index < -0.39 is 5.38 Å². The van der Waals surface area contributed by atoms with Gasteiger partial charge in [0, 0.05) is 50.3 Å². The third kappa shape index (κ3) is 4.14. The Morgan fingerprint density at radius 3 is 2.88 bits per heavy atom. The van der Waals surface area contributed by atoms with Crippen LogP contribution in [0.5, 0.6) is 0 Å². The van der Waals surface area contributed by atoms with E-state index >= 15 is 0 Å². The van der Waals surface area contributed by atoms with Crippen LogP contribution in [0.15, 0.2) is 0 Å². The van der Waals surface area contributed by atoms with Crippen LogP contribution in [0.25, 0.3) is 0 Å². The standard InChI is InChI=1S/C18H34ClN5O/c1-4-15-14(6-5-7-20-15)13(3)23-8-9-24(12(2)11-23)16-10-21-22-18(25)17(16)19/h12-17,20-21H,4-11H2,1-3H3,(H,22,25)/t12-,13+,14?,15?,16?,17?/m1/s1. The van der Waals surface area contributed by atoms with Gasteiger partial charge in [0.05, 0.1) is 0 Å². The lowest BCUT2D eigenvalue weighted by atomic mass is 9.83. The number of amides is 1. The maximum absolute atomic E-state index is 11.9. The second kappa shape index (κ2) is 8.53. The smallest absolute Gasteiger partial charge is 0.253 e. The highest BCUT2D eigenvalue weighted by atomic mass is 35.5. The summed E-state index contributed by atoms with van der Waals surface area (Å²) in [5, 5.41) is 3.24. The summed E-state index contributed by atoms with van der Waals surface area (Å²) in [5.41, 5.74) is 5.62. The number of piperidine rings is 1. The summed E-state index contributed by atoms with van der Waals surface area (Å²) in [6, 6.07) is 1.73. The fourth-order valence-corrected chi connectivity index (χ4v) is 5.30. The first-order valence-corrected chi connectivity index (χ1v) is 10.4. The largest absolute Gasteiger partial charge is 0.314 e. The summed E-state index contributed by atoms with van der Waals surface area (Å²) in [4.78, 5) is 16.9. The van der Waals surface area contributed by atoms with Gasteiger partial charge in [-0.3, -0.25) is 20.0 Å². The Morgan fingerprint density at radius 2 is 2.16 bits per heavy atom. The SMILES string of the molecule is CCC1NCCCC1[C@H](C)N1CCN(C2CNNC(=O)C2Cl)[C@H](C)C1. The van der Waals surface area contributed by atoms with Crippen LogP contribution in [-0.4, -0.2) is 78.0 Å². The van der Waals surface area contributed by atoms with Crippen molar-refractivity contribution in [1.29, 1.82) is 0 Å². The molecule has 3 N–H and O–H groups in total. The van der Waals surface area contributed by atoms with Gasteiger partial charge in [-0.1, -0.05) is 6.92 Å². The van der Waals surface area contributed by atoms with Gasteiger partial charge in [-0.25, -0.2) is 5.43 Å². The molecule has 0 bridgehead atoms. The van der Waals surface area contributed by atoms with Gasteiger partial charge in [-0.05, 0) is 45.6 Å². The van der Waals surface area contributed by atoms with Crippen molar-refractivity contribution in [2.24, 2.45) is 5.92 Å². The van der Waals surface area contributed by atoms with E-state index in [4.69, 9.17) is 11.6 Å². The van der Waals surface area contributed by atoms with Crippen LogP contribution in [0.2, 0.25) is 0 Å². The molecular formula is C18H34ClN5O. The van der Waals surface area contributed by atoms with E-state index in [0.29, 0.717) is 24.7 Å². The van der Waals surface area contributed by atoms with Crippen LogP contribution < -0.4 is 16.2 Å². The lowest BCUT2D eigenvalue weighted by Crippen LogP contribution is -2.67. The first-order valence-electron chi connectivity index (χ1n) is 9.92. The molecule has 144 valence electrons. The number of carbonyl (C=O) groups is 1. The molecule has 3 rings (SSSR count). The molecule has 1 amide bonds. The number of rotatable bonds is 4. The highest BCUT2D eigenvalue weighted by Crippen LogP contribution is 2.28. The Morgan fingerprint density at radius 1 is 1.36 bits per heavy atom. The third-order valence-corrected chi connectivity index (χ3v) is 7.01. The minimum atomic E-state index is -0.473. The fourth-order valence-electron chi connectivity index (χ4n) is 5.01. The zero-order chi connectivity index (χ0) is 18.0. The molecule has 3 aliphatic heterocycles. The van der Waals surface area contributed by atoms with E-state index in [2.05, 4.69) is 46.7 Å². The van der Waals surface area contributed by atoms with Crippen molar-refractivity contribution in [3.05, 3.63) is 0 Å². The van der Waals surface area contributed by atoms with E-state index in [0.717, 1.165) is 25.6 Å². The number of nitrogens with one attached hydrogen (secondary N) is 3. The molecule has 0 aromatic rings. The van der Waals surface area contributed by atoms with Gasteiger partial charge in [0.15, 0.2) is 0 Å². The lowest BCUT2D eigenvalue weighted by Gasteiger charge is -2.49. The van der Waals surface area contributed by atoms with Crippen molar-refractivity contribution >= 4 is 17.5 Å². The number of alkyl halides is 1. The highest BCUT2D eigenvalue weighted by molar-refractivity contribution is 6.31. The van der Waals surface area contributed by atoms with Gasteiger partial charge in [-0.2, -0.15) is 0 Å². The molecule has 0 radical (unpaired) electrons. The predicted molar refractivity (Wildman–Crippen MR) is 102 cm³/mol. The second-order valence-electron chi connectivity index (χ2n) is 7.94. The van der Waals surface area contributed by atoms with Gasteiger partial charge in [0.25, 0.3) is 5.91 Å². The Bertz CT molecular complexity index is 465. The summed E-state index contributed by atoms with van der Waals surface area (Å²) in [6.07, 6.45) is 3.83. The molecule has 3 aliphatic rings. The number of nitrogens with zero attached hydrogens (tertiary/aromatic N) is 2. The molecular weight excluding hydrogens is 338 g/mol.